The van der Waals surface area contributed by atoms with Gasteiger partial charge in [-0.2, -0.15) is 0 Å². The Hall–Kier alpha value is -3.54. The van der Waals surface area contributed by atoms with Gasteiger partial charge in [-0.15, -0.1) is 0 Å². The van der Waals surface area contributed by atoms with Gasteiger partial charge in [-0.25, -0.2) is 17.8 Å². The Bertz CT molecular complexity index is 1460. The average Bonchev–Trinajstić information content (AvgIpc) is 2.83. The van der Waals surface area contributed by atoms with Crippen LogP contribution in [0.15, 0.2) is 53.6 Å². The van der Waals surface area contributed by atoms with Crippen LogP contribution in [0.25, 0.3) is 11.3 Å². The SMILES string of the molecule is CNCc1ccc(C(=N)OC(=N)c2nc(-c3ccc(S(=O)(=O)C(C)CC(C)(C)O)cc3)cnc2C)c(F)c1.[HH]. The van der Waals surface area contributed by atoms with Crippen LogP contribution in [0.5, 0.6) is 0 Å². The molecule has 1 atom stereocenters. The van der Waals surface area contributed by atoms with E-state index < -0.39 is 38.3 Å². The maximum absolute atomic E-state index is 14.5. The molecule has 0 fully saturated rings. The molecule has 0 aliphatic heterocycles. The summed E-state index contributed by atoms with van der Waals surface area (Å²) in [4.78, 5) is 8.81. The number of halogens is 1. The molecule has 3 aromatic rings. The molecule has 0 amide bonds. The molecule has 38 heavy (non-hydrogen) atoms. The van der Waals surface area contributed by atoms with Gasteiger partial charge in [-0.1, -0.05) is 18.2 Å². The topological polar surface area (TPSA) is 149 Å². The molecule has 9 nitrogen and oxygen atoms in total. The molecule has 1 aromatic heterocycles. The summed E-state index contributed by atoms with van der Waals surface area (Å²) in [5.41, 5.74) is 0.850. The normalized spacial score (nSPS) is 12.7. The molecular weight excluding hydrogens is 509 g/mol. The van der Waals surface area contributed by atoms with Crippen LogP contribution in [0, 0.1) is 23.6 Å². The Kier molecular flexibility index (Phi) is 8.75. The standard InChI is InChI=1S/C27H32FN5O4S.H2/c1-16(13-27(3,4)34)38(35,36)20-9-7-19(8-10-20)23-15-32-17(2)24(33-23)26(30)37-25(29)21-11-6-18(14-31-5)12-22(21)28;/h6-12,15-16,29-31,34H,13-14H2,1-5H3;1H. The number of ether oxygens (including phenoxy) is 1. The van der Waals surface area contributed by atoms with Crippen LogP contribution >= 0.6 is 0 Å². The molecule has 2 aromatic carbocycles. The zero-order chi connectivity index (χ0) is 28.3. The summed E-state index contributed by atoms with van der Waals surface area (Å²) >= 11 is 0. The van der Waals surface area contributed by atoms with Gasteiger partial charge in [-0.05, 0) is 71.0 Å². The molecule has 11 heteroatoms. The zero-order valence-electron chi connectivity index (χ0n) is 22.0. The maximum atomic E-state index is 14.5. The first kappa shape index (κ1) is 29.0. The van der Waals surface area contributed by atoms with Crippen LogP contribution in [0.2, 0.25) is 0 Å². The number of hydrogen-bond donors (Lipinski definition) is 4. The summed E-state index contributed by atoms with van der Waals surface area (Å²) in [5, 5.41) is 28.6. The third-order valence-electron chi connectivity index (χ3n) is 5.83. The van der Waals surface area contributed by atoms with Crippen molar-refractivity contribution in [3.63, 3.8) is 0 Å². The zero-order valence-corrected chi connectivity index (χ0v) is 22.8. The van der Waals surface area contributed by atoms with Gasteiger partial charge < -0.3 is 15.2 Å². The fourth-order valence-corrected chi connectivity index (χ4v) is 5.53. The lowest BCUT2D eigenvalue weighted by Crippen LogP contribution is -2.29. The summed E-state index contributed by atoms with van der Waals surface area (Å²) in [6.45, 7) is 6.78. The average molecular weight is 544 g/mol. The lowest BCUT2D eigenvalue weighted by molar-refractivity contribution is 0.0710. The van der Waals surface area contributed by atoms with Crippen molar-refractivity contribution in [2.45, 2.75) is 56.4 Å². The number of rotatable bonds is 9. The number of nitrogens with one attached hydrogen (secondary N) is 3. The maximum Gasteiger partial charge on any atom is 0.241 e. The van der Waals surface area contributed by atoms with E-state index >= 15 is 0 Å². The highest BCUT2D eigenvalue weighted by atomic mass is 32.2. The highest BCUT2D eigenvalue weighted by Crippen LogP contribution is 2.26. The van der Waals surface area contributed by atoms with Gasteiger partial charge in [-0.3, -0.25) is 15.8 Å². The van der Waals surface area contributed by atoms with Crippen molar-refractivity contribution in [3.8, 4) is 11.3 Å². The molecule has 0 spiro atoms. The minimum absolute atomic E-state index is 0. The Morgan fingerprint density at radius 2 is 1.84 bits per heavy atom. The van der Waals surface area contributed by atoms with Gasteiger partial charge >= 0.3 is 0 Å². The van der Waals surface area contributed by atoms with Crippen molar-refractivity contribution in [2.24, 2.45) is 0 Å². The molecular formula is C27H34FN5O4S. The van der Waals surface area contributed by atoms with Crippen molar-refractivity contribution in [2.75, 3.05) is 7.05 Å². The number of aromatic nitrogens is 2. The number of aryl methyl sites for hydroxylation is 1. The van der Waals surface area contributed by atoms with Crippen molar-refractivity contribution >= 4 is 21.6 Å². The second-order valence-corrected chi connectivity index (χ2v) is 12.1. The van der Waals surface area contributed by atoms with Gasteiger partial charge in [0, 0.05) is 13.5 Å². The lowest BCUT2D eigenvalue weighted by Gasteiger charge is -2.22. The predicted octanol–water partition coefficient (Wildman–Crippen LogP) is 4.25. The highest BCUT2D eigenvalue weighted by molar-refractivity contribution is 7.92. The third-order valence-corrected chi connectivity index (χ3v) is 7.98. The van der Waals surface area contributed by atoms with E-state index in [1.165, 1.54) is 30.5 Å². The van der Waals surface area contributed by atoms with Crippen LogP contribution in [-0.4, -0.2) is 53.2 Å². The summed E-state index contributed by atoms with van der Waals surface area (Å²) in [6, 6.07) is 10.5. The fourth-order valence-electron chi connectivity index (χ4n) is 3.93. The van der Waals surface area contributed by atoms with E-state index in [2.05, 4.69) is 15.3 Å². The van der Waals surface area contributed by atoms with Gasteiger partial charge in [0.2, 0.25) is 11.8 Å². The minimum Gasteiger partial charge on any atom is -0.419 e. The van der Waals surface area contributed by atoms with Crippen LogP contribution in [0.1, 0.15) is 51.1 Å². The number of hydrogen-bond acceptors (Lipinski definition) is 9. The lowest BCUT2D eigenvalue weighted by atomic mass is 10.0. The van der Waals surface area contributed by atoms with Crippen molar-refractivity contribution in [3.05, 3.63) is 77.0 Å². The third kappa shape index (κ3) is 6.85. The summed E-state index contributed by atoms with van der Waals surface area (Å²) in [5.74, 6) is -1.65. The van der Waals surface area contributed by atoms with E-state index in [1.54, 1.807) is 52.9 Å². The molecule has 4 N–H and O–H groups in total. The fraction of sp³-hybridized carbons (Fsp3) is 0.333. The Balaban J connectivity index is 0.00000533. The van der Waals surface area contributed by atoms with Crippen LogP contribution in [0.3, 0.4) is 0 Å². The van der Waals surface area contributed by atoms with Crippen molar-refractivity contribution < 1.29 is 24.1 Å². The summed E-state index contributed by atoms with van der Waals surface area (Å²) < 4.78 is 45.6. The highest BCUT2D eigenvalue weighted by Gasteiger charge is 2.29. The number of aliphatic hydroxyl groups is 1. The molecule has 1 heterocycles. The van der Waals surface area contributed by atoms with Crippen LogP contribution in [0.4, 0.5) is 4.39 Å². The molecule has 0 radical (unpaired) electrons. The molecule has 0 aliphatic rings. The second-order valence-electron chi connectivity index (χ2n) is 9.69. The van der Waals surface area contributed by atoms with E-state index in [0.717, 1.165) is 0 Å². The van der Waals surface area contributed by atoms with Crippen LogP contribution < -0.4 is 5.32 Å². The second kappa shape index (κ2) is 11.5. The molecule has 0 bridgehead atoms. The van der Waals surface area contributed by atoms with E-state index in [4.69, 9.17) is 15.6 Å². The molecule has 204 valence electrons. The molecule has 0 saturated heterocycles. The quantitative estimate of drug-likeness (QED) is 0.233. The summed E-state index contributed by atoms with van der Waals surface area (Å²) in [7, 11) is -1.91. The van der Waals surface area contributed by atoms with Gasteiger partial charge in [0.1, 0.15) is 11.5 Å². The molecule has 3 rings (SSSR count). The largest absolute Gasteiger partial charge is 0.419 e. The smallest absolute Gasteiger partial charge is 0.241 e. The number of sulfone groups is 1. The van der Waals surface area contributed by atoms with Gasteiger partial charge in [0.15, 0.2) is 9.84 Å². The van der Waals surface area contributed by atoms with Crippen molar-refractivity contribution in [1.82, 2.24) is 15.3 Å². The van der Waals surface area contributed by atoms with Gasteiger partial charge in [0.25, 0.3) is 0 Å². The molecule has 0 aliphatic carbocycles. The predicted molar refractivity (Wildman–Crippen MR) is 146 cm³/mol. The molecule has 1 unspecified atom stereocenters. The number of nitrogens with zero attached hydrogens (tertiary/aromatic N) is 2. The Morgan fingerprint density at radius 3 is 2.42 bits per heavy atom. The van der Waals surface area contributed by atoms with E-state index in [9.17, 15) is 17.9 Å². The van der Waals surface area contributed by atoms with E-state index in [1.807, 2.05) is 0 Å². The van der Waals surface area contributed by atoms with Crippen LogP contribution in [-0.2, 0) is 21.1 Å². The number of benzene rings is 2. The first-order chi connectivity index (χ1) is 17.7. The van der Waals surface area contributed by atoms with Gasteiger partial charge in [0.05, 0.1) is 38.9 Å². The Morgan fingerprint density at radius 1 is 1.18 bits per heavy atom. The monoisotopic (exact) mass is 543 g/mol. The van der Waals surface area contributed by atoms with E-state index in [-0.39, 0.29) is 24.0 Å². The minimum atomic E-state index is -3.66. The first-order valence-corrected chi connectivity index (χ1v) is 13.5. The Labute approximate surface area is 223 Å². The first-order valence-electron chi connectivity index (χ1n) is 11.9. The van der Waals surface area contributed by atoms with Crippen molar-refractivity contribution in [1.29, 1.82) is 10.8 Å². The van der Waals surface area contributed by atoms with E-state index in [0.29, 0.717) is 29.1 Å². The molecule has 0 saturated carbocycles. The summed E-state index contributed by atoms with van der Waals surface area (Å²) in [6.07, 6.45) is 1.57.